The van der Waals surface area contributed by atoms with E-state index in [1.807, 2.05) is 4.90 Å². The van der Waals surface area contributed by atoms with Crippen LogP contribution >= 0.6 is 11.6 Å². The Morgan fingerprint density at radius 2 is 2.08 bits per heavy atom. The highest BCUT2D eigenvalue weighted by Crippen LogP contribution is 2.29. The van der Waals surface area contributed by atoms with Gasteiger partial charge >= 0.3 is 0 Å². The Hall–Kier alpha value is -1.27. The summed E-state index contributed by atoms with van der Waals surface area (Å²) >= 11 is 6.12. The molecule has 24 heavy (non-hydrogen) atoms. The minimum absolute atomic E-state index is 0.147. The lowest BCUT2D eigenvalue weighted by Gasteiger charge is -2.36. The molecule has 1 amide bonds. The van der Waals surface area contributed by atoms with Crippen molar-refractivity contribution >= 4 is 33.2 Å². The SMILES string of the molecule is CCC1CCCCN1C(=O)CN(c1cccc(Cl)c1C)S(C)(=O)=O. The number of benzene rings is 1. The first-order valence-corrected chi connectivity index (χ1v) is 10.5. The molecule has 1 aromatic carbocycles. The number of sulfonamides is 1. The molecule has 1 saturated heterocycles. The highest BCUT2D eigenvalue weighted by molar-refractivity contribution is 7.92. The highest BCUT2D eigenvalue weighted by atomic mass is 35.5. The fourth-order valence-corrected chi connectivity index (χ4v) is 4.28. The zero-order chi connectivity index (χ0) is 17.9. The Balaban J connectivity index is 2.30. The van der Waals surface area contributed by atoms with Crippen molar-refractivity contribution in [2.75, 3.05) is 23.7 Å². The van der Waals surface area contributed by atoms with E-state index in [9.17, 15) is 13.2 Å². The number of anilines is 1. The number of carbonyl (C=O) groups is 1. The minimum Gasteiger partial charge on any atom is -0.338 e. The van der Waals surface area contributed by atoms with Crippen LogP contribution in [0, 0.1) is 6.92 Å². The zero-order valence-corrected chi connectivity index (χ0v) is 16.0. The van der Waals surface area contributed by atoms with Crippen molar-refractivity contribution in [2.45, 2.75) is 45.6 Å². The van der Waals surface area contributed by atoms with E-state index in [-0.39, 0.29) is 18.5 Å². The first kappa shape index (κ1) is 19.1. The van der Waals surface area contributed by atoms with E-state index in [0.717, 1.165) is 36.2 Å². The van der Waals surface area contributed by atoms with Gasteiger partial charge in [-0.3, -0.25) is 9.10 Å². The van der Waals surface area contributed by atoms with E-state index in [1.54, 1.807) is 25.1 Å². The fraction of sp³-hybridized carbons (Fsp3) is 0.588. The monoisotopic (exact) mass is 372 g/mol. The smallest absolute Gasteiger partial charge is 0.243 e. The third kappa shape index (κ3) is 4.22. The predicted molar refractivity (Wildman–Crippen MR) is 98.0 cm³/mol. The number of halogens is 1. The number of carbonyl (C=O) groups excluding carboxylic acids is 1. The molecule has 0 bridgehead atoms. The van der Waals surface area contributed by atoms with Gasteiger partial charge in [0.05, 0.1) is 11.9 Å². The van der Waals surface area contributed by atoms with Crippen molar-refractivity contribution < 1.29 is 13.2 Å². The van der Waals surface area contributed by atoms with Gasteiger partial charge < -0.3 is 4.90 Å². The van der Waals surface area contributed by atoms with Crippen LogP contribution in [0.25, 0.3) is 0 Å². The van der Waals surface area contributed by atoms with Gasteiger partial charge in [0, 0.05) is 17.6 Å². The topological polar surface area (TPSA) is 57.7 Å². The first-order chi connectivity index (χ1) is 11.3. The molecule has 0 aliphatic carbocycles. The van der Waals surface area contributed by atoms with Crippen LogP contribution in [0.15, 0.2) is 18.2 Å². The second-order valence-corrected chi connectivity index (χ2v) is 8.61. The van der Waals surface area contributed by atoms with Crippen molar-refractivity contribution in [1.29, 1.82) is 0 Å². The minimum atomic E-state index is -3.59. The number of hydrogen-bond acceptors (Lipinski definition) is 3. The van der Waals surface area contributed by atoms with Gasteiger partial charge in [-0.05, 0) is 50.3 Å². The van der Waals surface area contributed by atoms with Crippen LogP contribution in [0.5, 0.6) is 0 Å². The first-order valence-electron chi connectivity index (χ1n) is 8.28. The van der Waals surface area contributed by atoms with E-state index in [1.165, 1.54) is 0 Å². The summed E-state index contributed by atoms with van der Waals surface area (Å²) in [7, 11) is -3.59. The van der Waals surface area contributed by atoms with E-state index in [4.69, 9.17) is 11.6 Å². The highest BCUT2D eigenvalue weighted by Gasteiger charge is 2.30. The largest absolute Gasteiger partial charge is 0.338 e. The fourth-order valence-electron chi connectivity index (χ4n) is 3.21. The van der Waals surface area contributed by atoms with Gasteiger partial charge in [-0.1, -0.05) is 24.6 Å². The molecule has 1 fully saturated rings. The Morgan fingerprint density at radius 3 is 2.71 bits per heavy atom. The Bertz CT molecular complexity index is 706. The normalized spacial score (nSPS) is 18.5. The van der Waals surface area contributed by atoms with Crippen molar-refractivity contribution in [3.8, 4) is 0 Å². The molecular formula is C17H25ClN2O3S. The molecule has 0 saturated carbocycles. The molecule has 1 heterocycles. The Kier molecular flexibility index (Phi) is 6.15. The molecule has 1 aliphatic heterocycles. The molecule has 2 rings (SSSR count). The molecule has 1 aliphatic rings. The van der Waals surface area contributed by atoms with Gasteiger partial charge in [0.2, 0.25) is 15.9 Å². The maximum atomic E-state index is 12.8. The van der Waals surface area contributed by atoms with Crippen LogP contribution in [-0.4, -0.2) is 44.6 Å². The summed E-state index contributed by atoms with van der Waals surface area (Å²) < 4.78 is 25.7. The molecule has 1 atom stereocenters. The van der Waals surface area contributed by atoms with Crippen LogP contribution in [-0.2, 0) is 14.8 Å². The number of piperidine rings is 1. The van der Waals surface area contributed by atoms with Gasteiger partial charge in [-0.25, -0.2) is 8.42 Å². The third-order valence-electron chi connectivity index (χ3n) is 4.61. The Labute approximate surface area is 149 Å². The standard InChI is InChI=1S/C17H25ClN2O3S/c1-4-14-8-5-6-11-19(14)17(21)12-20(24(3,22)23)16-10-7-9-15(18)13(16)2/h7,9-10,14H,4-6,8,11-12H2,1-3H3. The zero-order valence-electron chi connectivity index (χ0n) is 14.5. The van der Waals surface area contributed by atoms with Gasteiger partial charge in [0.15, 0.2) is 0 Å². The summed E-state index contributed by atoms with van der Waals surface area (Å²) in [6.07, 6.45) is 5.08. The second-order valence-electron chi connectivity index (χ2n) is 6.30. The summed E-state index contributed by atoms with van der Waals surface area (Å²) in [4.78, 5) is 14.6. The molecule has 0 radical (unpaired) electrons. The summed E-state index contributed by atoms with van der Waals surface area (Å²) in [6.45, 7) is 4.34. The van der Waals surface area contributed by atoms with Crippen molar-refractivity contribution in [2.24, 2.45) is 0 Å². The lowest BCUT2D eigenvalue weighted by Crippen LogP contribution is -2.49. The van der Waals surface area contributed by atoms with E-state index >= 15 is 0 Å². The number of likely N-dealkylation sites (tertiary alicyclic amines) is 1. The average molecular weight is 373 g/mol. The van der Waals surface area contributed by atoms with Crippen LogP contribution in [0.2, 0.25) is 5.02 Å². The molecule has 0 N–H and O–H groups in total. The maximum Gasteiger partial charge on any atom is 0.243 e. The number of nitrogens with zero attached hydrogens (tertiary/aromatic N) is 2. The predicted octanol–water partition coefficient (Wildman–Crippen LogP) is 3.21. The van der Waals surface area contributed by atoms with Crippen molar-refractivity contribution in [1.82, 2.24) is 4.90 Å². The van der Waals surface area contributed by atoms with Gasteiger partial charge in [-0.2, -0.15) is 0 Å². The summed E-state index contributed by atoms with van der Waals surface area (Å²) in [5.41, 5.74) is 1.12. The lowest BCUT2D eigenvalue weighted by atomic mass is 10.00. The molecule has 1 aromatic rings. The van der Waals surface area contributed by atoms with Gasteiger partial charge in [-0.15, -0.1) is 0 Å². The van der Waals surface area contributed by atoms with Crippen molar-refractivity contribution in [3.05, 3.63) is 28.8 Å². The van der Waals surface area contributed by atoms with E-state index in [0.29, 0.717) is 22.8 Å². The molecule has 0 aromatic heterocycles. The van der Waals surface area contributed by atoms with Crippen molar-refractivity contribution in [3.63, 3.8) is 0 Å². The quantitative estimate of drug-likeness (QED) is 0.797. The lowest BCUT2D eigenvalue weighted by molar-refractivity contribution is -0.133. The summed E-state index contributed by atoms with van der Waals surface area (Å²) in [6, 6.07) is 5.29. The van der Waals surface area contributed by atoms with Crippen LogP contribution < -0.4 is 4.31 Å². The number of hydrogen-bond donors (Lipinski definition) is 0. The van der Waals surface area contributed by atoms with Gasteiger partial charge in [0.25, 0.3) is 0 Å². The third-order valence-corrected chi connectivity index (χ3v) is 6.14. The Morgan fingerprint density at radius 1 is 1.38 bits per heavy atom. The van der Waals surface area contributed by atoms with E-state index in [2.05, 4.69) is 6.92 Å². The molecule has 7 heteroatoms. The molecule has 0 spiro atoms. The molecule has 134 valence electrons. The summed E-state index contributed by atoms with van der Waals surface area (Å²) in [5.74, 6) is -0.147. The average Bonchev–Trinajstić information content (AvgIpc) is 2.54. The second kappa shape index (κ2) is 7.74. The molecular weight excluding hydrogens is 348 g/mol. The van der Waals surface area contributed by atoms with E-state index < -0.39 is 10.0 Å². The maximum absolute atomic E-state index is 12.8. The molecule has 5 nitrogen and oxygen atoms in total. The number of rotatable bonds is 5. The number of amides is 1. The van der Waals surface area contributed by atoms with Crippen LogP contribution in [0.3, 0.4) is 0 Å². The van der Waals surface area contributed by atoms with Crippen LogP contribution in [0.1, 0.15) is 38.2 Å². The molecule has 1 unspecified atom stereocenters. The van der Waals surface area contributed by atoms with Crippen LogP contribution in [0.4, 0.5) is 5.69 Å². The van der Waals surface area contributed by atoms with Gasteiger partial charge in [0.1, 0.15) is 6.54 Å². The summed E-state index contributed by atoms with van der Waals surface area (Å²) in [5, 5.41) is 0.484.